The van der Waals surface area contributed by atoms with Crippen LogP contribution in [-0.2, 0) is 23.7 Å². The Morgan fingerprint density at radius 3 is 2.06 bits per heavy atom. The number of cyclic esters (lactones) is 1. The number of ether oxygens (including phenoxy) is 4. The Balaban J connectivity index is 3.12. The van der Waals surface area contributed by atoms with Crippen LogP contribution in [0.15, 0.2) is 12.7 Å². The molecule has 2 amide bonds. The lowest BCUT2D eigenvalue weighted by atomic mass is 10.0. The Morgan fingerprint density at radius 1 is 1.06 bits per heavy atom. The molecule has 1 saturated heterocycles. The second-order valence-electron chi connectivity index (χ2n) is 9.86. The van der Waals surface area contributed by atoms with Crippen LogP contribution < -0.4 is 0 Å². The molecule has 8 nitrogen and oxygen atoms in total. The fraction of sp³-hybridized carbons (Fsp3) is 0.783. The Bertz CT molecular complexity index is 605. The van der Waals surface area contributed by atoms with Gasteiger partial charge in [-0.2, -0.15) is 4.90 Å². The third-order valence-corrected chi connectivity index (χ3v) is 4.38. The summed E-state index contributed by atoms with van der Waals surface area (Å²) >= 11 is 0. The van der Waals surface area contributed by atoms with Gasteiger partial charge in [-0.25, -0.2) is 14.4 Å². The maximum atomic E-state index is 13.0. The molecule has 0 bridgehead atoms. The van der Waals surface area contributed by atoms with Crippen molar-refractivity contribution in [2.45, 2.75) is 110 Å². The number of rotatable bonds is 4. The number of imide groups is 1. The van der Waals surface area contributed by atoms with Gasteiger partial charge in [-0.15, -0.1) is 6.58 Å². The van der Waals surface area contributed by atoms with Crippen LogP contribution in [0.4, 0.5) is 9.59 Å². The van der Waals surface area contributed by atoms with Crippen LogP contribution in [0, 0.1) is 0 Å². The number of carbonyl (C=O) groups is 3. The highest BCUT2D eigenvalue weighted by molar-refractivity contribution is 5.94. The summed E-state index contributed by atoms with van der Waals surface area (Å²) in [6.45, 7) is 16.0. The molecule has 31 heavy (non-hydrogen) atoms. The molecule has 8 heteroatoms. The quantitative estimate of drug-likeness (QED) is 0.345. The van der Waals surface area contributed by atoms with Crippen LogP contribution in [0.3, 0.4) is 0 Å². The van der Waals surface area contributed by atoms with Crippen molar-refractivity contribution in [2.24, 2.45) is 0 Å². The monoisotopic (exact) mass is 441 g/mol. The van der Waals surface area contributed by atoms with Gasteiger partial charge in [0.15, 0.2) is 0 Å². The second-order valence-corrected chi connectivity index (χ2v) is 9.86. The van der Waals surface area contributed by atoms with Gasteiger partial charge >= 0.3 is 18.2 Å². The number of esters is 1. The summed E-state index contributed by atoms with van der Waals surface area (Å²) in [5.74, 6) is -0.659. The number of carbonyl (C=O) groups excluding carboxylic acids is 3. The van der Waals surface area contributed by atoms with Crippen LogP contribution in [0.25, 0.3) is 0 Å². The van der Waals surface area contributed by atoms with E-state index in [1.165, 1.54) is 0 Å². The average molecular weight is 442 g/mol. The predicted molar refractivity (Wildman–Crippen MR) is 117 cm³/mol. The van der Waals surface area contributed by atoms with Crippen LogP contribution >= 0.6 is 0 Å². The summed E-state index contributed by atoms with van der Waals surface area (Å²) in [6, 6.07) is -1.13. The SMILES string of the molecule is C=CCOC1CCCC[C@H](N(C(=O)OC(C)(C)C)C(=O)OC(C)(C)C)C(=O)OC(C)C1. The lowest BCUT2D eigenvalue weighted by Crippen LogP contribution is -2.53. The number of hydrogen-bond donors (Lipinski definition) is 0. The summed E-state index contributed by atoms with van der Waals surface area (Å²) in [5.41, 5.74) is -1.69. The van der Waals surface area contributed by atoms with Gasteiger partial charge in [-0.3, -0.25) is 0 Å². The van der Waals surface area contributed by atoms with Gasteiger partial charge in [-0.1, -0.05) is 18.9 Å². The molecule has 1 aliphatic heterocycles. The molecule has 2 unspecified atom stereocenters. The van der Waals surface area contributed by atoms with Crippen molar-refractivity contribution >= 4 is 18.2 Å². The Morgan fingerprint density at radius 2 is 1.58 bits per heavy atom. The summed E-state index contributed by atoms with van der Waals surface area (Å²) in [4.78, 5) is 39.6. The van der Waals surface area contributed by atoms with Gasteiger partial charge in [-0.05, 0) is 61.3 Å². The molecule has 1 rings (SSSR count). The Kier molecular flexibility index (Phi) is 10.0. The predicted octanol–water partition coefficient (Wildman–Crippen LogP) is 4.99. The van der Waals surface area contributed by atoms with E-state index < -0.39 is 41.5 Å². The maximum absolute atomic E-state index is 13.0. The molecule has 0 N–H and O–H groups in total. The molecule has 0 saturated carbocycles. The molecule has 3 atom stereocenters. The van der Waals surface area contributed by atoms with Crippen molar-refractivity contribution in [3.63, 3.8) is 0 Å². The molecule has 0 radical (unpaired) electrons. The summed E-state index contributed by atoms with van der Waals surface area (Å²) in [7, 11) is 0. The van der Waals surface area contributed by atoms with Gasteiger partial charge in [0.2, 0.25) is 0 Å². The van der Waals surface area contributed by atoms with Gasteiger partial charge in [0.25, 0.3) is 0 Å². The largest absolute Gasteiger partial charge is 0.461 e. The third kappa shape index (κ3) is 10.2. The van der Waals surface area contributed by atoms with Crippen molar-refractivity contribution < 1.29 is 33.3 Å². The fourth-order valence-electron chi connectivity index (χ4n) is 3.18. The van der Waals surface area contributed by atoms with Crippen molar-refractivity contribution in [3.8, 4) is 0 Å². The topological polar surface area (TPSA) is 91.4 Å². The van der Waals surface area contributed by atoms with E-state index in [1.807, 2.05) is 0 Å². The summed E-state index contributed by atoms with van der Waals surface area (Å²) in [6.07, 6.45) is 2.25. The molecular weight excluding hydrogens is 402 g/mol. The molecule has 178 valence electrons. The molecule has 1 aliphatic rings. The minimum absolute atomic E-state index is 0.0508. The summed E-state index contributed by atoms with van der Waals surface area (Å²) < 4.78 is 22.2. The first kappa shape index (κ1) is 26.9. The first-order valence-corrected chi connectivity index (χ1v) is 10.9. The molecule has 1 fully saturated rings. The molecule has 0 aromatic heterocycles. The maximum Gasteiger partial charge on any atom is 0.420 e. The molecule has 0 spiro atoms. The minimum Gasteiger partial charge on any atom is -0.461 e. The first-order chi connectivity index (χ1) is 14.2. The zero-order valence-corrected chi connectivity index (χ0v) is 20.1. The third-order valence-electron chi connectivity index (χ3n) is 4.38. The van der Waals surface area contributed by atoms with E-state index in [-0.39, 0.29) is 12.5 Å². The van der Waals surface area contributed by atoms with Gasteiger partial charge in [0, 0.05) is 6.42 Å². The van der Waals surface area contributed by atoms with Crippen molar-refractivity contribution in [1.29, 1.82) is 0 Å². The Hall–Kier alpha value is -2.09. The van der Waals surface area contributed by atoms with Crippen molar-refractivity contribution in [2.75, 3.05) is 6.61 Å². The minimum atomic E-state index is -1.13. The standard InChI is InChI=1S/C23H39NO7/c1-9-14-28-17-12-10-11-13-18(19(25)29-16(2)15-17)24(20(26)30-22(3,4)5)21(27)31-23(6,7)8/h9,16-18H,1,10-15H2,2-8H3/t16?,17?,18-/m0/s1. The van der Waals surface area contributed by atoms with E-state index in [0.717, 1.165) is 17.7 Å². The summed E-state index contributed by atoms with van der Waals surface area (Å²) in [5, 5.41) is 0. The van der Waals surface area contributed by atoms with Crippen LogP contribution in [0.2, 0.25) is 0 Å². The molecule has 1 heterocycles. The molecule has 0 aromatic rings. The van der Waals surface area contributed by atoms with E-state index in [9.17, 15) is 14.4 Å². The second kappa shape index (κ2) is 11.5. The van der Waals surface area contributed by atoms with E-state index in [0.29, 0.717) is 19.4 Å². The van der Waals surface area contributed by atoms with Gasteiger partial charge in [0.05, 0.1) is 12.7 Å². The highest BCUT2D eigenvalue weighted by atomic mass is 16.6. The number of hydrogen-bond acceptors (Lipinski definition) is 7. The van der Waals surface area contributed by atoms with Crippen molar-refractivity contribution in [1.82, 2.24) is 4.90 Å². The lowest BCUT2D eigenvalue weighted by molar-refractivity contribution is -0.156. The molecule has 0 aromatic carbocycles. The number of amides is 2. The smallest absolute Gasteiger partial charge is 0.420 e. The highest BCUT2D eigenvalue weighted by Gasteiger charge is 2.41. The van der Waals surface area contributed by atoms with E-state index in [4.69, 9.17) is 18.9 Å². The zero-order chi connectivity index (χ0) is 23.8. The van der Waals surface area contributed by atoms with Gasteiger partial charge < -0.3 is 18.9 Å². The lowest BCUT2D eigenvalue weighted by Gasteiger charge is -2.33. The fourth-order valence-corrected chi connectivity index (χ4v) is 3.18. The molecular formula is C23H39NO7. The first-order valence-electron chi connectivity index (χ1n) is 10.9. The zero-order valence-electron chi connectivity index (χ0n) is 20.1. The highest BCUT2D eigenvalue weighted by Crippen LogP contribution is 2.24. The van der Waals surface area contributed by atoms with Crippen LogP contribution in [0.1, 0.15) is 80.6 Å². The van der Waals surface area contributed by atoms with E-state index in [2.05, 4.69) is 6.58 Å². The van der Waals surface area contributed by atoms with Crippen molar-refractivity contribution in [3.05, 3.63) is 12.7 Å². The van der Waals surface area contributed by atoms with E-state index in [1.54, 1.807) is 54.5 Å². The van der Waals surface area contributed by atoms with Gasteiger partial charge in [0.1, 0.15) is 23.3 Å². The Labute approximate surface area is 186 Å². The van der Waals surface area contributed by atoms with Crippen LogP contribution in [-0.4, -0.2) is 59.1 Å². The average Bonchev–Trinajstić information content (AvgIpc) is 2.57. The van der Waals surface area contributed by atoms with Crippen LogP contribution in [0.5, 0.6) is 0 Å². The van der Waals surface area contributed by atoms with E-state index >= 15 is 0 Å². The molecule has 0 aliphatic carbocycles. The normalized spacial score (nSPS) is 23.3. The number of nitrogens with zero attached hydrogens (tertiary/aromatic N) is 1.